The van der Waals surface area contributed by atoms with E-state index in [1.807, 2.05) is 0 Å². The van der Waals surface area contributed by atoms with Gasteiger partial charge in [-0.25, -0.2) is 4.39 Å². The number of benzene rings is 1. The molecule has 1 aliphatic carbocycles. The Bertz CT molecular complexity index is 711. The van der Waals surface area contributed by atoms with Crippen molar-refractivity contribution in [1.29, 1.82) is 0 Å². The lowest BCUT2D eigenvalue weighted by molar-refractivity contribution is -0.130. The van der Waals surface area contributed by atoms with Crippen molar-refractivity contribution in [3.05, 3.63) is 35.6 Å². The zero-order valence-electron chi connectivity index (χ0n) is 15.6. The molecule has 1 aromatic carbocycles. The fourth-order valence-corrected chi connectivity index (χ4v) is 4.95. The van der Waals surface area contributed by atoms with Gasteiger partial charge in [0.1, 0.15) is 5.82 Å². The van der Waals surface area contributed by atoms with Crippen molar-refractivity contribution in [2.45, 2.75) is 44.6 Å². The molecule has 4 rings (SSSR count). The van der Waals surface area contributed by atoms with Crippen molar-refractivity contribution < 1.29 is 18.7 Å². The molecule has 1 unspecified atom stereocenters. The molecular weight excluding hydrogens is 347 g/mol. The normalized spacial score (nSPS) is 25.1. The second-order valence-electron chi connectivity index (χ2n) is 8.18. The first-order valence-corrected chi connectivity index (χ1v) is 10.0. The van der Waals surface area contributed by atoms with Gasteiger partial charge in [0.15, 0.2) is 0 Å². The highest BCUT2D eigenvalue weighted by Gasteiger charge is 2.52. The van der Waals surface area contributed by atoms with E-state index in [9.17, 15) is 14.0 Å². The molecule has 1 atom stereocenters. The minimum Gasteiger partial charge on any atom is -0.381 e. The topological polar surface area (TPSA) is 58.6 Å². The number of carbonyl (C=O) groups is 2. The van der Waals surface area contributed by atoms with E-state index in [0.29, 0.717) is 26.3 Å². The molecular formula is C21H27FN2O3. The van der Waals surface area contributed by atoms with Crippen LogP contribution in [0.3, 0.4) is 0 Å². The van der Waals surface area contributed by atoms with Crippen LogP contribution in [-0.4, -0.2) is 49.1 Å². The summed E-state index contributed by atoms with van der Waals surface area (Å²) >= 11 is 0. The van der Waals surface area contributed by atoms with Crippen LogP contribution in [0.2, 0.25) is 0 Å². The van der Waals surface area contributed by atoms with Crippen LogP contribution in [0.1, 0.15) is 48.9 Å². The van der Waals surface area contributed by atoms with Crippen molar-refractivity contribution >= 4 is 11.8 Å². The number of nitrogens with one attached hydrogen (secondary N) is 1. The highest BCUT2D eigenvalue weighted by atomic mass is 19.1. The Morgan fingerprint density at radius 3 is 2.56 bits per heavy atom. The van der Waals surface area contributed by atoms with E-state index < -0.39 is 5.82 Å². The van der Waals surface area contributed by atoms with E-state index in [4.69, 9.17) is 4.74 Å². The number of rotatable bonds is 3. The maximum absolute atomic E-state index is 14.1. The Balaban J connectivity index is 1.55. The average Bonchev–Trinajstić information content (AvgIpc) is 3.30. The van der Waals surface area contributed by atoms with Crippen molar-refractivity contribution in [2.24, 2.45) is 11.3 Å². The maximum Gasteiger partial charge on any atom is 0.256 e. The molecule has 2 amide bonds. The molecule has 2 saturated heterocycles. The first kappa shape index (κ1) is 18.4. The second-order valence-corrected chi connectivity index (χ2v) is 8.18. The summed E-state index contributed by atoms with van der Waals surface area (Å²) in [5, 5.41) is 3.21. The van der Waals surface area contributed by atoms with E-state index >= 15 is 0 Å². The number of amides is 2. The molecule has 3 aliphatic rings. The molecule has 146 valence electrons. The van der Waals surface area contributed by atoms with Crippen molar-refractivity contribution in [2.75, 3.05) is 26.3 Å². The predicted octanol–water partition coefficient (Wildman–Crippen LogP) is 2.75. The molecule has 0 radical (unpaired) electrons. The summed E-state index contributed by atoms with van der Waals surface area (Å²) in [4.78, 5) is 27.7. The van der Waals surface area contributed by atoms with E-state index in [1.165, 1.54) is 12.1 Å². The smallest absolute Gasteiger partial charge is 0.256 e. The first-order chi connectivity index (χ1) is 13.1. The SMILES string of the molecule is O=C(NC1CCCC1)C1CN(C(=O)c2ccccc2F)CC12CCOCC2. The summed E-state index contributed by atoms with van der Waals surface area (Å²) in [7, 11) is 0. The zero-order chi connectivity index (χ0) is 18.9. The fraction of sp³-hybridized carbons (Fsp3) is 0.619. The first-order valence-electron chi connectivity index (χ1n) is 10.0. The van der Waals surface area contributed by atoms with Gasteiger partial charge in [-0.05, 0) is 37.8 Å². The van der Waals surface area contributed by atoms with Crippen molar-refractivity contribution in [3.8, 4) is 0 Å². The molecule has 2 heterocycles. The third kappa shape index (κ3) is 3.59. The molecule has 0 bridgehead atoms. The predicted molar refractivity (Wildman–Crippen MR) is 98.7 cm³/mol. The lowest BCUT2D eigenvalue weighted by atomic mass is 9.71. The quantitative estimate of drug-likeness (QED) is 0.885. The van der Waals surface area contributed by atoms with Crippen LogP contribution in [-0.2, 0) is 9.53 Å². The second kappa shape index (κ2) is 7.58. The Kier molecular flexibility index (Phi) is 5.17. The molecule has 1 spiro atoms. The summed E-state index contributed by atoms with van der Waals surface area (Å²) in [5.74, 6) is -1.04. The van der Waals surface area contributed by atoms with Gasteiger partial charge >= 0.3 is 0 Å². The highest BCUT2D eigenvalue weighted by Crippen LogP contribution is 2.45. The van der Waals surface area contributed by atoms with Crippen molar-refractivity contribution in [1.82, 2.24) is 10.2 Å². The Labute approximate surface area is 159 Å². The van der Waals surface area contributed by atoms with Gasteiger partial charge in [0.25, 0.3) is 5.91 Å². The fourth-order valence-electron chi connectivity index (χ4n) is 4.95. The monoisotopic (exact) mass is 374 g/mol. The van der Waals surface area contributed by atoms with Gasteiger partial charge in [0, 0.05) is 37.8 Å². The van der Waals surface area contributed by atoms with Crippen LogP contribution in [0.25, 0.3) is 0 Å². The summed E-state index contributed by atoms with van der Waals surface area (Å²) in [5.41, 5.74) is -0.182. The third-order valence-corrected chi connectivity index (χ3v) is 6.55. The zero-order valence-corrected chi connectivity index (χ0v) is 15.6. The molecule has 1 saturated carbocycles. The van der Waals surface area contributed by atoms with Gasteiger partial charge in [-0.3, -0.25) is 9.59 Å². The molecule has 1 aromatic rings. The Morgan fingerprint density at radius 2 is 1.85 bits per heavy atom. The summed E-state index contributed by atoms with van der Waals surface area (Å²) in [6, 6.07) is 6.32. The largest absolute Gasteiger partial charge is 0.381 e. The number of ether oxygens (including phenoxy) is 1. The minimum absolute atomic E-state index is 0.0487. The van der Waals surface area contributed by atoms with Gasteiger partial charge < -0.3 is 15.0 Å². The molecule has 0 aromatic heterocycles. The van der Waals surface area contributed by atoms with Gasteiger partial charge in [-0.15, -0.1) is 0 Å². The van der Waals surface area contributed by atoms with Crippen LogP contribution in [0.4, 0.5) is 4.39 Å². The number of halogens is 1. The van der Waals surface area contributed by atoms with E-state index in [1.54, 1.807) is 17.0 Å². The third-order valence-electron chi connectivity index (χ3n) is 6.55. The van der Waals surface area contributed by atoms with Crippen LogP contribution in [0.5, 0.6) is 0 Å². The van der Waals surface area contributed by atoms with Gasteiger partial charge in [0.05, 0.1) is 11.5 Å². The van der Waals surface area contributed by atoms with Gasteiger partial charge in [-0.2, -0.15) is 0 Å². The van der Waals surface area contributed by atoms with Crippen LogP contribution < -0.4 is 5.32 Å². The van der Waals surface area contributed by atoms with Gasteiger partial charge in [0.2, 0.25) is 5.91 Å². The maximum atomic E-state index is 14.1. The van der Waals surface area contributed by atoms with Crippen LogP contribution in [0.15, 0.2) is 24.3 Å². The summed E-state index contributed by atoms with van der Waals surface area (Å²) in [6.45, 7) is 2.06. The van der Waals surface area contributed by atoms with Gasteiger partial charge in [-0.1, -0.05) is 25.0 Å². The lowest BCUT2D eigenvalue weighted by Gasteiger charge is -2.37. The van der Waals surface area contributed by atoms with E-state index in [2.05, 4.69) is 5.32 Å². The standard InChI is InChI=1S/C21H27FN2O3/c22-18-8-4-3-7-16(18)20(26)24-13-17(19(25)23-15-5-1-2-6-15)21(14-24)9-11-27-12-10-21/h3-4,7-8,15,17H,1-2,5-6,9-14H2,(H,23,25). The summed E-state index contributed by atoms with van der Waals surface area (Å²) in [6.07, 6.45) is 5.91. The molecule has 3 fully saturated rings. The molecule has 1 N–H and O–H groups in total. The number of nitrogens with zero attached hydrogens (tertiary/aromatic N) is 1. The highest BCUT2D eigenvalue weighted by molar-refractivity contribution is 5.95. The van der Waals surface area contributed by atoms with E-state index in [-0.39, 0.29) is 34.8 Å². The number of hydrogen-bond donors (Lipinski definition) is 1. The lowest BCUT2D eigenvalue weighted by Crippen LogP contribution is -2.46. The molecule has 5 nitrogen and oxygen atoms in total. The number of carbonyl (C=O) groups excluding carboxylic acids is 2. The molecule has 27 heavy (non-hydrogen) atoms. The summed E-state index contributed by atoms with van der Waals surface area (Å²) < 4.78 is 19.6. The van der Waals surface area contributed by atoms with Crippen LogP contribution in [0, 0.1) is 17.2 Å². The Morgan fingerprint density at radius 1 is 1.15 bits per heavy atom. The van der Waals surface area contributed by atoms with E-state index in [0.717, 1.165) is 38.5 Å². The molecule has 6 heteroatoms. The average molecular weight is 374 g/mol. The Hall–Kier alpha value is -1.95. The minimum atomic E-state index is -0.512. The van der Waals surface area contributed by atoms with Crippen molar-refractivity contribution in [3.63, 3.8) is 0 Å². The number of likely N-dealkylation sites (tertiary alicyclic amines) is 1. The van der Waals surface area contributed by atoms with Crippen LogP contribution >= 0.6 is 0 Å². The number of hydrogen-bond acceptors (Lipinski definition) is 3. The molecule has 2 aliphatic heterocycles.